The summed E-state index contributed by atoms with van der Waals surface area (Å²) in [6.07, 6.45) is 1.28. The van der Waals surface area contributed by atoms with Crippen molar-refractivity contribution in [3.63, 3.8) is 0 Å². The fraction of sp³-hybridized carbons (Fsp3) is 0.833. The van der Waals surface area contributed by atoms with Gasteiger partial charge in [0.15, 0.2) is 15.1 Å². The first kappa shape index (κ1) is 10.4. The average Bonchev–Trinajstić information content (AvgIpc) is 1.86. The standard InChI is InChI=1S/C6H12O4S/c1-4-5(6(7)10-2)11(3,8)9/h5H,4H2,1-3H3. The first-order valence-electron chi connectivity index (χ1n) is 3.20. The Bertz CT molecular complexity index is 229. The van der Waals surface area contributed by atoms with E-state index >= 15 is 0 Å². The lowest BCUT2D eigenvalue weighted by molar-refractivity contribution is -0.140. The van der Waals surface area contributed by atoms with Gasteiger partial charge in [-0.1, -0.05) is 6.92 Å². The molecule has 0 rings (SSSR count). The zero-order chi connectivity index (χ0) is 9.07. The van der Waals surface area contributed by atoms with Gasteiger partial charge in [-0.2, -0.15) is 0 Å². The van der Waals surface area contributed by atoms with Crippen molar-refractivity contribution in [2.24, 2.45) is 0 Å². The minimum atomic E-state index is -3.30. The summed E-state index contributed by atoms with van der Waals surface area (Å²) in [5.41, 5.74) is 0. The van der Waals surface area contributed by atoms with Gasteiger partial charge in [0.1, 0.15) is 0 Å². The van der Waals surface area contributed by atoms with E-state index in [1.807, 2.05) is 0 Å². The molecule has 0 saturated heterocycles. The van der Waals surface area contributed by atoms with Crippen LogP contribution >= 0.6 is 0 Å². The Morgan fingerprint density at radius 2 is 2.00 bits per heavy atom. The molecule has 0 fully saturated rings. The molecule has 0 aliphatic heterocycles. The van der Waals surface area contributed by atoms with Gasteiger partial charge in [0.2, 0.25) is 0 Å². The lowest BCUT2D eigenvalue weighted by Crippen LogP contribution is -2.29. The van der Waals surface area contributed by atoms with E-state index in [4.69, 9.17) is 0 Å². The van der Waals surface area contributed by atoms with Crippen molar-refractivity contribution in [2.75, 3.05) is 13.4 Å². The molecule has 0 aliphatic carbocycles. The molecule has 0 N–H and O–H groups in total. The summed E-state index contributed by atoms with van der Waals surface area (Å²) < 4.78 is 26.0. The van der Waals surface area contributed by atoms with Crippen molar-refractivity contribution in [1.29, 1.82) is 0 Å². The molecule has 4 nitrogen and oxygen atoms in total. The van der Waals surface area contributed by atoms with Crippen LogP contribution in [0.5, 0.6) is 0 Å². The SMILES string of the molecule is CCC(C(=O)OC)S(C)(=O)=O. The van der Waals surface area contributed by atoms with E-state index in [0.717, 1.165) is 6.26 Å². The van der Waals surface area contributed by atoms with Gasteiger partial charge >= 0.3 is 5.97 Å². The molecule has 1 unspecified atom stereocenters. The van der Waals surface area contributed by atoms with Crippen LogP contribution in [0.1, 0.15) is 13.3 Å². The Morgan fingerprint density at radius 1 is 1.55 bits per heavy atom. The van der Waals surface area contributed by atoms with Gasteiger partial charge in [-0.15, -0.1) is 0 Å². The molecule has 11 heavy (non-hydrogen) atoms. The predicted octanol–water partition coefficient (Wildman–Crippen LogP) is -0.0174. The monoisotopic (exact) mass is 180 g/mol. The Balaban J connectivity index is 4.56. The molecule has 5 heteroatoms. The van der Waals surface area contributed by atoms with E-state index in [1.54, 1.807) is 6.92 Å². The highest BCUT2D eigenvalue weighted by atomic mass is 32.2. The van der Waals surface area contributed by atoms with Gasteiger partial charge in [0, 0.05) is 6.26 Å². The van der Waals surface area contributed by atoms with Gasteiger partial charge < -0.3 is 4.74 Å². The molecule has 0 aliphatic rings. The Hall–Kier alpha value is -0.580. The quantitative estimate of drug-likeness (QED) is 0.573. The molecule has 66 valence electrons. The minimum Gasteiger partial charge on any atom is -0.468 e. The first-order chi connectivity index (χ1) is 4.93. The number of carbonyl (C=O) groups excluding carboxylic acids is 1. The molecule has 0 aromatic carbocycles. The van der Waals surface area contributed by atoms with Gasteiger partial charge in [-0.3, -0.25) is 4.79 Å². The van der Waals surface area contributed by atoms with Crippen molar-refractivity contribution >= 4 is 15.8 Å². The van der Waals surface area contributed by atoms with E-state index in [9.17, 15) is 13.2 Å². The molecular weight excluding hydrogens is 168 g/mol. The average molecular weight is 180 g/mol. The van der Waals surface area contributed by atoms with E-state index in [0.29, 0.717) is 0 Å². The molecule has 1 atom stereocenters. The van der Waals surface area contributed by atoms with Crippen LogP contribution in [0.4, 0.5) is 0 Å². The second kappa shape index (κ2) is 3.71. The zero-order valence-corrected chi connectivity index (χ0v) is 7.64. The normalized spacial score (nSPS) is 14.1. The highest BCUT2D eigenvalue weighted by Gasteiger charge is 2.27. The first-order valence-corrected chi connectivity index (χ1v) is 5.15. The van der Waals surface area contributed by atoms with Gasteiger partial charge in [0.25, 0.3) is 0 Å². The van der Waals surface area contributed by atoms with Crippen molar-refractivity contribution in [3.8, 4) is 0 Å². The van der Waals surface area contributed by atoms with Crippen LogP contribution in [0.3, 0.4) is 0 Å². The van der Waals surface area contributed by atoms with Gasteiger partial charge in [-0.05, 0) is 6.42 Å². The Kier molecular flexibility index (Phi) is 3.51. The lowest BCUT2D eigenvalue weighted by Gasteiger charge is -2.08. The van der Waals surface area contributed by atoms with Crippen LogP contribution in [-0.4, -0.2) is 33.0 Å². The summed E-state index contributed by atoms with van der Waals surface area (Å²) in [4.78, 5) is 10.8. The molecule has 0 aromatic heterocycles. The summed E-state index contributed by atoms with van der Waals surface area (Å²) >= 11 is 0. The highest BCUT2D eigenvalue weighted by molar-refractivity contribution is 7.92. The molecular formula is C6H12O4S. The van der Waals surface area contributed by atoms with Crippen LogP contribution < -0.4 is 0 Å². The summed E-state index contributed by atoms with van der Waals surface area (Å²) in [5, 5.41) is -1.01. The number of carbonyl (C=O) groups is 1. The fourth-order valence-electron chi connectivity index (χ4n) is 0.776. The number of sulfone groups is 1. The third-order valence-corrected chi connectivity index (χ3v) is 2.91. The molecule has 0 aromatic rings. The third-order valence-electron chi connectivity index (χ3n) is 1.35. The maximum absolute atomic E-state index is 10.9. The number of hydrogen-bond acceptors (Lipinski definition) is 4. The van der Waals surface area contributed by atoms with Gasteiger partial charge in [0.05, 0.1) is 7.11 Å². The third kappa shape index (κ3) is 2.88. The van der Waals surface area contributed by atoms with Crippen LogP contribution in [0.2, 0.25) is 0 Å². The summed E-state index contributed by atoms with van der Waals surface area (Å²) in [7, 11) is -2.12. The molecule has 0 spiro atoms. The fourth-order valence-corrected chi connectivity index (χ4v) is 1.83. The van der Waals surface area contributed by atoms with Crippen molar-refractivity contribution in [1.82, 2.24) is 0 Å². The Labute approximate surface area is 66.5 Å². The van der Waals surface area contributed by atoms with Crippen molar-refractivity contribution in [2.45, 2.75) is 18.6 Å². The lowest BCUT2D eigenvalue weighted by atomic mass is 10.3. The minimum absolute atomic E-state index is 0.255. The highest BCUT2D eigenvalue weighted by Crippen LogP contribution is 2.05. The summed E-state index contributed by atoms with van der Waals surface area (Å²) in [6.45, 7) is 1.63. The number of esters is 1. The molecule has 0 heterocycles. The second-order valence-electron chi connectivity index (χ2n) is 2.25. The van der Waals surface area contributed by atoms with E-state index in [-0.39, 0.29) is 6.42 Å². The van der Waals surface area contributed by atoms with Crippen LogP contribution in [0, 0.1) is 0 Å². The van der Waals surface area contributed by atoms with E-state index in [2.05, 4.69) is 4.74 Å². The van der Waals surface area contributed by atoms with E-state index in [1.165, 1.54) is 7.11 Å². The van der Waals surface area contributed by atoms with Crippen LogP contribution in [0.25, 0.3) is 0 Å². The molecule has 0 amide bonds. The topological polar surface area (TPSA) is 60.4 Å². The number of hydrogen-bond donors (Lipinski definition) is 0. The maximum atomic E-state index is 10.9. The van der Waals surface area contributed by atoms with Crippen molar-refractivity contribution in [3.05, 3.63) is 0 Å². The van der Waals surface area contributed by atoms with Crippen LogP contribution in [0.15, 0.2) is 0 Å². The molecule has 0 radical (unpaired) electrons. The smallest absolute Gasteiger partial charge is 0.324 e. The zero-order valence-electron chi connectivity index (χ0n) is 6.83. The van der Waals surface area contributed by atoms with Crippen LogP contribution in [-0.2, 0) is 19.4 Å². The predicted molar refractivity (Wildman–Crippen MR) is 40.9 cm³/mol. The molecule has 0 saturated carbocycles. The number of rotatable bonds is 3. The van der Waals surface area contributed by atoms with E-state index < -0.39 is 21.1 Å². The van der Waals surface area contributed by atoms with Crippen molar-refractivity contribution < 1.29 is 17.9 Å². The largest absolute Gasteiger partial charge is 0.468 e. The number of ether oxygens (including phenoxy) is 1. The van der Waals surface area contributed by atoms with Gasteiger partial charge in [-0.25, -0.2) is 8.42 Å². The Morgan fingerprint density at radius 3 is 2.09 bits per heavy atom. The number of methoxy groups -OCH3 is 1. The second-order valence-corrected chi connectivity index (χ2v) is 4.48. The maximum Gasteiger partial charge on any atom is 0.324 e. The summed E-state index contributed by atoms with van der Waals surface area (Å²) in [6, 6.07) is 0. The molecule has 0 bridgehead atoms. The summed E-state index contributed by atoms with van der Waals surface area (Å²) in [5.74, 6) is -0.685.